The van der Waals surface area contributed by atoms with E-state index >= 15 is 0 Å². The van der Waals surface area contributed by atoms with Gasteiger partial charge in [0.1, 0.15) is 11.1 Å². The smallest absolute Gasteiger partial charge is 0.326 e. The number of nitrogens with zero attached hydrogens (tertiary/aromatic N) is 3. The number of aromatic nitrogens is 2. The third kappa shape index (κ3) is 6.14. The average molecular weight is 563 g/mol. The minimum Gasteiger partial charge on any atom is -0.497 e. The van der Waals surface area contributed by atoms with Crippen molar-refractivity contribution in [1.29, 1.82) is 0 Å². The van der Waals surface area contributed by atoms with Gasteiger partial charge in [-0.2, -0.15) is 0 Å². The second-order valence-electron chi connectivity index (χ2n) is 11.0. The number of H-pyrrole nitrogens is 1. The van der Waals surface area contributed by atoms with Crippen LogP contribution < -0.4 is 10.4 Å². The zero-order valence-corrected chi connectivity index (χ0v) is 24.2. The second kappa shape index (κ2) is 12.4. The number of imidazole rings is 1. The number of methoxy groups -OCH3 is 1. The lowest BCUT2D eigenvalue weighted by atomic mass is 10.0. The summed E-state index contributed by atoms with van der Waals surface area (Å²) in [5.74, 6) is 1.27. The van der Waals surface area contributed by atoms with E-state index in [-0.39, 0.29) is 35.3 Å². The number of nitrogens with one attached hydrogen (secondary N) is 1. The molecule has 1 N–H and O–H groups in total. The maximum Gasteiger partial charge on any atom is 0.326 e. The monoisotopic (exact) mass is 562 g/mol. The van der Waals surface area contributed by atoms with Gasteiger partial charge in [0.05, 0.1) is 18.1 Å². The number of piperidine rings is 1. The number of rotatable bonds is 9. The molecule has 0 bridgehead atoms. The van der Waals surface area contributed by atoms with Crippen molar-refractivity contribution in [3.63, 3.8) is 0 Å². The molecule has 2 amide bonds. The maximum atomic E-state index is 13.5. The van der Waals surface area contributed by atoms with Gasteiger partial charge < -0.3 is 19.5 Å². The number of aromatic amines is 1. The summed E-state index contributed by atoms with van der Waals surface area (Å²) in [5.41, 5.74) is 2.67. The fourth-order valence-electron chi connectivity index (χ4n) is 5.53. The summed E-state index contributed by atoms with van der Waals surface area (Å²) in [6, 6.07) is 17.7. The number of carbonyl (C=O) groups is 2. The molecular formula is C31H38N4O4S. The van der Waals surface area contributed by atoms with Crippen molar-refractivity contribution >= 4 is 23.6 Å². The first-order chi connectivity index (χ1) is 19.3. The van der Waals surface area contributed by atoms with Crippen LogP contribution in [0.25, 0.3) is 11.3 Å². The average Bonchev–Trinajstić information content (AvgIpc) is 3.51. The molecule has 3 aromatic rings. The maximum absolute atomic E-state index is 13.5. The molecule has 2 aliphatic heterocycles. The molecule has 2 fully saturated rings. The normalized spacial score (nSPS) is 19.9. The fourth-order valence-corrected chi connectivity index (χ4v) is 6.99. The molecule has 2 saturated heterocycles. The molecule has 9 heteroatoms. The van der Waals surface area contributed by atoms with Gasteiger partial charge in [-0.1, -0.05) is 56.3 Å². The summed E-state index contributed by atoms with van der Waals surface area (Å²) >= 11 is 1.57. The van der Waals surface area contributed by atoms with Gasteiger partial charge in [-0.25, -0.2) is 4.79 Å². The highest BCUT2D eigenvalue weighted by Crippen LogP contribution is 2.45. The number of amides is 2. The van der Waals surface area contributed by atoms with Crippen molar-refractivity contribution in [2.75, 3.05) is 26.7 Å². The van der Waals surface area contributed by atoms with Crippen LogP contribution in [0.3, 0.4) is 0 Å². The summed E-state index contributed by atoms with van der Waals surface area (Å²) in [6.45, 7) is 6.12. The minimum absolute atomic E-state index is 0.00536. The first-order valence-electron chi connectivity index (χ1n) is 14.1. The van der Waals surface area contributed by atoms with Gasteiger partial charge in [-0.05, 0) is 48.4 Å². The second-order valence-corrected chi connectivity index (χ2v) is 12.3. The van der Waals surface area contributed by atoms with Crippen molar-refractivity contribution in [2.45, 2.75) is 56.2 Å². The van der Waals surface area contributed by atoms with Crippen LogP contribution in [0, 0.1) is 5.92 Å². The molecule has 5 rings (SSSR count). The number of thioether (sulfide) groups is 1. The number of hydrogen-bond acceptors (Lipinski definition) is 5. The number of likely N-dealkylation sites (tertiary alicyclic amines) is 1. The lowest BCUT2D eigenvalue weighted by Gasteiger charge is -2.32. The summed E-state index contributed by atoms with van der Waals surface area (Å²) in [7, 11) is 1.64. The Kier molecular flexibility index (Phi) is 8.69. The van der Waals surface area contributed by atoms with Crippen LogP contribution in [0.5, 0.6) is 5.75 Å². The van der Waals surface area contributed by atoms with E-state index < -0.39 is 5.25 Å². The lowest BCUT2D eigenvalue weighted by Crippen LogP contribution is -2.42. The summed E-state index contributed by atoms with van der Waals surface area (Å²) in [5, 5.41) is -0.543. The molecule has 40 heavy (non-hydrogen) atoms. The Morgan fingerprint density at radius 3 is 2.52 bits per heavy atom. The number of carbonyl (C=O) groups excluding carboxylic acids is 2. The first kappa shape index (κ1) is 28.1. The van der Waals surface area contributed by atoms with Crippen LogP contribution in [0.4, 0.5) is 0 Å². The van der Waals surface area contributed by atoms with E-state index in [1.165, 1.54) is 0 Å². The van der Waals surface area contributed by atoms with Crippen LogP contribution in [0.1, 0.15) is 56.5 Å². The number of benzene rings is 2. The van der Waals surface area contributed by atoms with Crippen LogP contribution in [0.15, 0.2) is 65.6 Å². The molecule has 2 aromatic carbocycles. The third-order valence-corrected chi connectivity index (χ3v) is 9.34. The molecule has 2 aliphatic rings. The molecular weight excluding hydrogens is 524 g/mol. The summed E-state index contributed by atoms with van der Waals surface area (Å²) < 4.78 is 7.19. The van der Waals surface area contributed by atoms with E-state index in [0.717, 1.165) is 29.0 Å². The van der Waals surface area contributed by atoms with Crippen molar-refractivity contribution < 1.29 is 14.3 Å². The SMILES string of the molecule is COc1cccc(C2SC(CC(=O)N3CCC(n4cc(-c5ccccc5)[nH]c4=O)CC3)C(=O)N2CCC(C)C)c1. The van der Waals surface area contributed by atoms with E-state index in [4.69, 9.17) is 4.74 Å². The Hall–Kier alpha value is -3.46. The van der Waals surface area contributed by atoms with Crippen LogP contribution in [0.2, 0.25) is 0 Å². The Morgan fingerprint density at radius 1 is 1.07 bits per heavy atom. The molecule has 2 atom stereocenters. The van der Waals surface area contributed by atoms with Crippen LogP contribution in [-0.4, -0.2) is 63.2 Å². The zero-order valence-electron chi connectivity index (χ0n) is 23.4. The topological polar surface area (TPSA) is 87.6 Å². The Morgan fingerprint density at radius 2 is 1.82 bits per heavy atom. The van der Waals surface area contributed by atoms with E-state index in [0.29, 0.717) is 38.4 Å². The van der Waals surface area contributed by atoms with Crippen molar-refractivity contribution in [3.05, 3.63) is 76.8 Å². The van der Waals surface area contributed by atoms with Gasteiger partial charge in [0.15, 0.2) is 0 Å². The van der Waals surface area contributed by atoms with E-state index in [2.05, 4.69) is 18.8 Å². The molecule has 0 spiro atoms. The first-order valence-corrected chi connectivity index (χ1v) is 15.0. The van der Waals surface area contributed by atoms with E-state index in [1.807, 2.05) is 70.6 Å². The summed E-state index contributed by atoms with van der Waals surface area (Å²) in [6.07, 6.45) is 4.39. The van der Waals surface area contributed by atoms with Gasteiger partial charge in [0.2, 0.25) is 11.8 Å². The predicted octanol–water partition coefficient (Wildman–Crippen LogP) is 5.09. The molecule has 3 heterocycles. The van der Waals surface area contributed by atoms with Gasteiger partial charge in [-0.3, -0.25) is 14.2 Å². The molecule has 0 radical (unpaired) electrons. The molecule has 0 saturated carbocycles. The van der Waals surface area contributed by atoms with Crippen molar-refractivity contribution in [3.8, 4) is 17.0 Å². The molecule has 0 aliphatic carbocycles. The molecule has 212 valence electrons. The molecule has 1 aromatic heterocycles. The van der Waals surface area contributed by atoms with Gasteiger partial charge in [0, 0.05) is 38.3 Å². The summed E-state index contributed by atoms with van der Waals surface area (Å²) in [4.78, 5) is 46.3. The Balaban J connectivity index is 1.22. The van der Waals surface area contributed by atoms with Crippen LogP contribution >= 0.6 is 11.8 Å². The van der Waals surface area contributed by atoms with E-state index in [9.17, 15) is 14.4 Å². The number of hydrogen-bond donors (Lipinski definition) is 1. The van der Waals surface area contributed by atoms with Crippen molar-refractivity contribution in [2.24, 2.45) is 5.92 Å². The molecule has 2 unspecified atom stereocenters. The van der Waals surface area contributed by atoms with E-state index in [1.54, 1.807) is 23.4 Å². The van der Waals surface area contributed by atoms with Crippen LogP contribution in [-0.2, 0) is 9.59 Å². The highest BCUT2D eigenvalue weighted by atomic mass is 32.2. The largest absolute Gasteiger partial charge is 0.497 e. The third-order valence-electron chi connectivity index (χ3n) is 7.86. The van der Waals surface area contributed by atoms with Gasteiger partial charge in [-0.15, -0.1) is 11.8 Å². The fraction of sp³-hybridized carbons (Fsp3) is 0.452. The van der Waals surface area contributed by atoms with Gasteiger partial charge in [0.25, 0.3) is 0 Å². The molecule has 8 nitrogen and oxygen atoms in total. The highest BCUT2D eigenvalue weighted by Gasteiger charge is 2.42. The standard InChI is InChI=1S/C31H38N4O4S/c1-21(2)12-17-34-29(37)27(40-30(34)23-10-7-11-25(18-23)39-3)19-28(36)33-15-13-24(14-16-33)35-20-26(32-31(35)38)22-8-5-4-6-9-22/h4-11,18,20-21,24,27,30H,12-17,19H2,1-3H3,(H,32,38). The predicted molar refractivity (Wildman–Crippen MR) is 158 cm³/mol. The Bertz CT molecular complexity index is 1380. The van der Waals surface area contributed by atoms with Crippen molar-refractivity contribution in [1.82, 2.24) is 19.4 Å². The zero-order chi connectivity index (χ0) is 28.2. The minimum atomic E-state index is -0.408. The Labute approximate surface area is 239 Å². The highest BCUT2D eigenvalue weighted by molar-refractivity contribution is 8.01. The lowest BCUT2D eigenvalue weighted by molar-refractivity contribution is -0.136. The quantitative estimate of drug-likeness (QED) is 0.392. The van der Waals surface area contributed by atoms with Gasteiger partial charge >= 0.3 is 5.69 Å². The number of ether oxygens (including phenoxy) is 1.